The normalized spacial score (nSPS) is 9.69. The summed E-state index contributed by atoms with van der Waals surface area (Å²) in [6.45, 7) is 0.849. The fourth-order valence-corrected chi connectivity index (χ4v) is 1.24. The minimum atomic E-state index is 0.414. The number of hydrogen-bond acceptors (Lipinski definition) is 3. The van der Waals surface area contributed by atoms with Crippen LogP contribution in [-0.2, 0) is 0 Å². The van der Waals surface area contributed by atoms with Gasteiger partial charge in [0.05, 0.1) is 5.56 Å². The molecular weight excluding hydrogens is 234 g/mol. The van der Waals surface area contributed by atoms with E-state index in [1.165, 1.54) is 0 Å². The Morgan fingerprint density at radius 2 is 2.31 bits per heavy atom. The Kier molecular flexibility index (Phi) is 3.92. The lowest BCUT2D eigenvalue weighted by atomic mass is 10.2. The van der Waals surface area contributed by atoms with E-state index in [2.05, 4.69) is 15.9 Å². The highest BCUT2D eigenvalue weighted by molar-refractivity contribution is 9.10. The molecule has 0 radical (unpaired) electrons. The fourth-order valence-electron chi connectivity index (χ4n) is 0.899. The van der Waals surface area contributed by atoms with Crippen LogP contribution in [0.5, 0.6) is 5.75 Å². The third-order valence-corrected chi connectivity index (χ3v) is 1.97. The maximum absolute atomic E-state index is 10.6. The third-order valence-electron chi connectivity index (χ3n) is 1.48. The largest absolute Gasteiger partial charge is 0.491 e. The summed E-state index contributed by atoms with van der Waals surface area (Å²) in [4.78, 5) is 10.6. The average Bonchev–Trinajstić information content (AvgIpc) is 2.15. The molecule has 0 heterocycles. The van der Waals surface area contributed by atoms with Crippen LogP contribution in [0.1, 0.15) is 10.4 Å². The second kappa shape index (κ2) is 4.99. The summed E-state index contributed by atoms with van der Waals surface area (Å²) < 4.78 is 6.15. The van der Waals surface area contributed by atoms with Gasteiger partial charge < -0.3 is 10.5 Å². The van der Waals surface area contributed by atoms with Crippen molar-refractivity contribution in [3.8, 4) is 5.75 Å². The quantitative estimate of drug-likeness (QED) is 0.818. The Balaban J connectivity index is 2.87. The molecule has 0 aromatic heterocycles. The first-order valence-corrected chi connectivity index (χ1v) is 4.65. The highest BCUT2D eigenvalue weighted by atomic mass is 79.9. The van der Waals surface area contributed by atoms with Gasteiger partial charge in [-0.1, -0.05) is 15.9 Å². The molecule has 1 aromatic rings. The van der Waals surface area contributed by atoms with Crippen molar-refractivity contribution in [1.82, 2.24) is 0 Å². The van der Waals surface area contributed by atoms with Gasteiger partial charge in [0.1, 0.15) is 12.4 Å². The van der Waals surface area contributed by atoms with Crippen LogP contribution in [0.4, 0.5) is 0 Å². The minimum Gasteiger partial charge on any atom is -0.491 e. The van der Waals surface area contributed by atoms with E-state index in [4.69, 9.17) is 10.5 Å². The Hall–Kier alpha value is -0.870. The average molecular weight is 244 g/mol. The molecule has 4 heteroatoms. The SMILES string of the molecule is NCCOc1cc(Br)ccc1C=O. The van der Waals surface area contributed by atoms with Crippen LogP contribution < -0.4 is 10.5 Å². The predicted molar refractivity (Wildman–Crippen MR) is 54.1 cm³/mol. The van der Waals surface area contributed by atoms with E-state index in [1.54, 1.807) is 18.2 Å². The summed E-state index contributed by atoms with van der Waals surface area (Å²) in [5.41, 5.74) is 5.82. The van der Waals surface area contributed by atoms with Crippen molar-refractivity contribution in [2.24, 2.45) is 5.73 Å². The number of rotatable bonds is 4. The molecule has 70 valence electrons. The summed E-state index contributed by atoms with van der Waals surface area (Å²) >= 11 is 3.29. The van der Waals surface area contributed by atoms with E-state index in [1.807, 2.05) is 0 Å². The van der Waals surface area contributed by atoms with Crippen molar-refractivity contribution < 1.29 is 9.53 Å². The molecule has 1 rings (SSSR count). The number of hydrogen-bond donors (Lipinski definition) is 1. The zero-order valence-electron chi connectivity index (χ0n) is 7.00. The van der Waals surface area contributed by atoms with E-state index in [0.29, 0.717) is 24.5 Å². The Bertz CT molecular complexity index is 302. The lowest BCUT2D eigenvalue weighted by Gasteiger charge is -2.06. The van der Waals surface area contributed by atoms with Crippen LogP contribution in [0, 0.1) is 0 Å². The lowest BCUT2D eigenvalue weighted by molar-refractivity contribution is 0.111. The van der Waals surface area contributed by atoms with Crippen LogP contribution in [0.2, 0.25) is 0 Å². The first kappa shape index (κ1) is 10.2. The molecule has 1 aromatic carbocycles. The second-order valence-electron chi connectivity index (χ2n) is 2.44. The van der Waals surface area contributed by atoms with Gasteiger partial charge in [-0.2, -0.15) is 0 Å². The number of ether oxygens (including phenoxy) is 1. The molecule has 0 aliphatic rings. The van der Waals surface area contributed by atoms with Crippen LogP contribution >= 0.6 is 15.9 Å². The van der Waals surface area contributed by atoms with E-state index in [9.17, 15) is 4.79 Å². The van der Waals surface area contributed by atoms with E-state index < -0.39 is 0 Å². The van der Waals surface area contributed by atoms with Gasteiger partial charge in [0.15, 0.2) is 6.29 Å². The van der Waals surface area contributed by atoms with Gasteiger partial charge in [-0.15, -0.1) is 0 Å². The summed E-state index contributed by atoms with van der Waals surface area (Å²) in [7, 11) is 0. The van der Waals surface area contributed by atoms with Gasteiger partial charge >= 0.3 is 0 Å². The maximum Gasteiger partial charge on any atom is 0.153 e. The van der Waals surface area contributed by atoms with Crippen molar-refractivity contribution in [1.29, 1.82) is 0 Å². The Labute approximate surface area is 85.0 Å². The highest BCUT2D eigenvalue weighted by Gasteiger charge is 2.02. The van der Waals surface area contributed by atoms with E-state index in [-0.39, 0.29) is 0 Å². The van der Waals surface area contributed by atoms with Crippen LogP contribution in [0.25, 0.3) is 0 Å². The molecule has 2 N–H and O–H groups in total. The summed E-state index contributed by atoms with van der Waals surface area (Å²) in [5, 5.41) is 0. The molecule has 13 heavy (non-hydrogen) atoms. The van der Waals surface area contributed by atoms with Crippen molar-refractivity contribution in [2.75, 3.05) is 13.2 Å². The van der Waals surface area contributed by atoms with Crippen LogP contribution in [0.3, 0.4) is 0 Å². The number of halogens is 1. The first-order valence-electron chi connectivity index (χ1n) is 3.85. The van der Waals surface area contributed by atoms with Crippen molar-refractivity contribution >= 4 is 22.2 Å². The third kappa shape index (κ3) is 2.82. The molecule has 0 bridgehead atoms. The summed E-state index contributed by atoms with van der Waals surface area (Å²) in [6, 6.07) is 5.24. The van der Waals surface area contributed by atoms with Gasteiger partial charge in [0.25, 0.3) is 0 Å². The van der Waals surface area contributed by atoms with Gasteiger partial charge in [-0.3, -0.25) is 4.79 Å². The minimum absolute atomic E-state index is 0.414. The Morgan fingerprint density at radius 3 is 2.92 bits per heavy atom. The van der Waals surface area contributed by atoms with Gasteiger partial charge in [-0.05, 0) is 18.2 Å². The zero-order valence-corrected chi connectivity index (χ0v) is 8.58. The highest BCUT2D eigenvalue weighted by Crippen LogP contribution is 2.22. The molecule has 0 aliphatic carbocycles. The van der Waals surface area contributed by atoms with Crippen LogP contribution in [-0.4, -0.2) is 19.4 Å². The number of carbonyl (C=O) groups excluding carboxylic acids is 1. The molecule has 0 saturated carbocycles. The topological polar surface area (TPSA) is 52.3 Å². The molecule has 0 saturated heterocycles. The van der Waals surface area contributed by atoms with Crippen molar-refractivity contribution in [2.45, 2.75) is 0 Å². The zero-order chi connectivity index (χ0) is 9.68. The van der Waals surface area contributed by atoms with Gasteiger partial charge in [0.2, 0.25) is 0 Å². The molecule has 0 spiro atoms. The van der Waals surface area contributed by atoms with Crippen molar-refractivity contribution in [3.63, 3.8) is 0 Å². The summed E-state index contributed by atoms with van der Waals surface area (Å²) in [6.07, 6.45) is 0.762. The molecule has 3 nitrogen and oxygen atoms in total. The van der Waals surface area contributed by atoms with Gasteiger partial charge in [0, 0.05) is 11.0 Å². The molecule has 0 atom stereocenters. The molecule has 0 unspecified atom stereocenters. The summed E-state index contributed by atoms with van der Waals surface area (Å²) in [5.74, 6) is 0.565. The van der Waals surface area contributed by atoms with E-state index in [0.717, 1.165) is 10.8 Å². The number of nitrogens with two attached hydrogens (primary N) is 1. The molecular formula is C9H10BrNO2. The molecule has 0 amide bonds. The second-order valence-corrected chi connectivity index (χ2v) is 3.35. The smallest absolute Gasteiger partial charge is 0.153 e. The fraction of sp³-hybridized carbons (Fsp3) is 0.222. The monoisotopic (exact) mass is 243 g/mol. The van der Waals surface area contributed by atoms with E-state index >= 15 is 0 Å². The molecule has 0 fully saturated rings. The Morgan fingerprint density at radius 1 is 1.54 bits per heavy atom. The molecule has 0 aliphatic heterocycles. The lowest BCUT2D eigenvalue weighted by Crippen LogP contribution is -2.11. The first-order chi connectivity index (χ1) is 6.27. The standard InChI is InChI=1S/C9H10BrNO2/c10-8-2-1-7(6-12)9(5-8)13-4-3-11/h1-2,5-6H,3-4,11H2. The number of aldehydes is 1. The predicted octanol–water partition coefficient (Wildman–Crippen LogP) is 1.60. The maximum atomic E-state index is 10.6. The van der Waals surface area contributed by atoms with Gasteiger partial charge in [-0.25, -0.2) is 0 Å². The van der Waals surface area contributed by atoms with Crippen LogP contribution in [0.15, 0.2) is 22.7 Å². The van der Waals surface area contributed by atoms with Crippen molar-refractivity contribution in [3.05, 3.63) is 28.2 Å². The number of carbonyl (C=O) groups is 1. The number of benzene rings is 1.